The van der Waals surface area contributed by atoms with E-state index in [1.54, 1.807) is 7.11 Å². The normalized spacial score (nSPS) is 12.2. The summed E-state index contributed by atoms with van der Waals surface area (Å²) in [6, 6.07) is 6.06. The maximum Gasteiger partial charge on any atom is 0.124 e. The molecule has 0 aliphatic heterocycles. The average molecular weight is 314 g/mol. The summed E-state index contributed by atoms with van der Waals surface area (Å²) in [5, 5.41) is 7.68. The summed E-state index contributed by atoms with van der Waals surface area (Å²) >= 11 is 3.41. The topological polar surface area (TPSA) is 62.3 Å². The van der Waals surface area contributed by atoms with Crippen molar-refractivity contribution in [3.63, 3.8) is 0 Å². The lowest BCUT2D eigenvalue weighted by Gasteiger charge is -2.31. The van der Waals surface area contributed by atoms with E-state index in [-0.39, 0.29) is 11.9 Å². The second-order valence-electron chi connectivity index (χ2n) is 4.17. The molecule has 0 radical (unpaired) electrons. The van der Waals surface area contributed by atoms with Gasteiger partial charge in [0.2, 0.25) is 0 Å². The number of amidine groups is 1. The fourth-order valence-electron chi connectivity index (χ4n) is 2.03. The van der Waals surface area contributed by atoms with Gasteiger partial charge in [-0.2, -0.15) is 0 Å². The number of nitrogens with two attached hydrogens (primary N) is 1. The molecular formula is C13H20BrN3O. The van der Waals surface area contributed by atoms with Crippen molar-refractivity contribution in [3.05, 3.63) is 28.2 Å². The molecule has 4 nitrogen and oxygen atoms in total. The molecule has 18 heavy (non-hydrogen) atoms. The molecule has 3 N–H and O–H groups in total. The first-order chi connectivity index (χ1) is 8.51. The number of benzene rings is 1. The molecule has 0 saturated carbocycles. The van der Waals surface area contributed by atoms with Crippen molar-refractivity contribution < 1.29 is 4.74 Å². The highest BCUT2D eigenvalue weighted by atomic mass is 79.9. The summed E-state index contributed by atoms with van der Waals surface area (Å²) in [7, 11) is 1.69. The fraction of sp³-hybridized carbons (Fsp3) is 0.462. The lowest BCUT2D eigenvalue weighted by Crippen LogP contribution is -2.37. The lowest BCUT2D eigenvalue weighted by atomic mass is 10.1. The SMILES string of the molecule is CCN(c1ccc(Br)cc1C(=N)N)C(C)COC. The Morgan fingerprint density at radius 3 is 2.72 bits per heavy atom. The predicted octanol–water partition coefficient (Wildman–Crippen LogP) is 2.59. The van der Waals surface area contributed by atoms with E-state index in [0.717, 1.165) is 22.3 Å². The van der Waals surface area contributed by atoms with Gasteiger partial charge in [-0.25, -0.2) is 0 Å². The van der Waals surface area contributed by atoms with Gasteiger partial charge in [-0.15, -0.1) is 0 Å². The van der Waals surface area contributed by atoms with E-state index in [0.29, 0.717) is 6.61 Å². The molecule has 0 aliphatic carbocycles. The van der Waals surface area contributed by atoms with Gasteiger partial charge in [-0.1, -0.05) is 15.9 Å². The smallest absolute Gasteiger partial charge is 0.124 e. The van der Waals surface area contributed by atoms with E-state index in [9.17, 15) is 0 Å². The van der Waals surface area contributed by atoms with Gasteiger partial charge in [0.15, 0.2) is 0 Å². The largest absolute Gasteiger partial charge is 0.384 e. The van der Waals surface area contributed by atoms with Crippen LogP contribution in [-0.4, -0.2) is 32.1 Å². The van der Waals surface area contributed by atoms with Crippen molar-refractivity contribution in [1.29, 1.82) is 5.41 Å². The highest BCUT2D eigenvalue weighted by Crippen LogP contribution is 2.26. The molecule has 0 spiro atoms. The van der Waals surface area contributed by atoms with Crippen molar-refractivity contribution in [2.75, 3.05) is 25.2 Å². The summed E-state index contributed by atoms with van der Waals surface area (Å²) < 4.78 is 6.12. The van der Waals surface area contributed by atoms with Gasteiger partial charge in [0.05, 0.1) is 6.61 Å². The van der Waals surface area contributed by atoms with Crippen molar-refractivity contribution in [2.24, 2.45) is 5.73 Å². The molecule has 0 bridgehead atoms. The molecule has 0 saturated heterocycles. The lowest BCUT2D eigenvalue weighted by molar-refractivity contribution is 0.182. The number of ether oxygens (including phenoxy) is 1. The average Bonchev–Trinajstić information content (AvgIpc) is 2.32. The Balaban J connectivity index is 3.16. The third-order valence-corrected chi connectivity index (χ3v) is 3.33. The van der Waals surface area contributed by atoms with Gasteiger partial charge < -0.3 is 15.4 Å². The van der Waals surface area contributed by atoms with E-state index in [1.807, 2.05) is 18.2 Å². The predicted molar refractivity (Wildman–Crippen MR) is 79.5 cm³/mol. The van der Waals surface area contributed by atoms with E-state index in [2.05, 4.69) is 34.7 Å². The van der Waals surface area contributed by atoms with E-state index in [1.165, 1.54) is 0 Å². The minimum Gasteiger partial charge on any atom is -0.384 e. The monoisotopic (exact) mass is 313 g/mol. The van der Waals surface area contributed by atoms with Gasteiger partial charge in [0, 0.05) is 35.4 Å². The van der Waals surface area contributed by atoms with Crippen molar-refractivity contribution in [2.45, 2.75) is 19.9 Å². The molecule has 5 heteroatoms. The van der Waals surface area contributed by atoms with Crippen LogP contribution in [0, 0.1) is 5.41 Å². The third-order valence-electron chi connectivity index (χ3n) is 2.84. The Hall–Kier alpha value is -1.07. The number of halogens is 1. The van der Waals surface area contributed by atoms with Crippen molar-refractivity contribution in [1.82, 2.24) is 0 Å². The fourth-order valence-corrected chi connectivity index (χ4v) is 2.39. The van der Waals surface area contributed by atoms with E-state index < -0.39 is 0 Å². The highest BCUT2D eigenvalue weighted by molar-refractivity contribution is 9.10. The zero-order valence-electron chi connectivity index (χ0n) is 11.0. The van der Waals surface area contributed by atoms with Crippen LogP contribution in [0.3, 0.4) is 0 Å². The standard InChI is InChI=1S/C13H20BrN3O/c1-4-17(9(2)8-18-3)12-6-5-10(14)7-11(12)13(15)16/h5-7,9H,4,8H2,1-3H3,(H3,15,16). The number of nitrogens with zero attached hydrogens (tertiary/aromatic N) is 1. The zero-order chi connectivity index (χ0) is 13.7. The molecule has 1 rings (SSSR count). The van der Waals surface area contributed by atoms with Crippen LogP contribution < -0.4 is 10.6 Å². The van der Waals surface area contributed by atoms with E-state index in [4.69, 9.17) is 15.9 Å². The molecule has 100 valence electrons. The first-order valence-electron chi connectivity index (χ1n) is 5.90. The Morgan fingerprint density at radius 2 is 2.22 bits per heavy atom. The minimum atomic E-state index is 0.0781. The van der Waals surface area contributed by atoms with Crippen LogP contribution in [-0.2, 0) is 4.74 Å². The molecular weight excluding hydrogens is 294 g/mol. The Kier molecular flexibility index (Phi) is 5.62. The highest BCUT2D eigenvalue weighted by Gasteiger charge is 2.17. The number of hydrogen-bond donors (Lipinski definition) is 2. The van der Waals surface area contributed by atoms with Gasteiger partial charge in [-0.3, -0.25) is 5.41 Å². The first kappa shape index (κ1) is 15.0. The third kappa shape index (κ3) is 3.46. The van der Waals surface area contributed by atoms with Crippen molar-refractivity contribution >= 4 is 27.5 Å². The Labute approximate surface area is 117 Å². The first-order valence-corrected chi connectivity index (χ1v) is 6.70. The number of nitrogen functional groups attached to an aromatic ring is 1. The number of anilines is 1. The number of nitrogens with one attached hydrogen (secondary N) is 1. The maximum absolute atomic E-state index is 7.68. The second kappa shape index (κ2) is 6.75. The molecule has 0 aromatic heterocycles. The van der Waals surface area contributed by atoms with E-state index >= 15 is 0 Å². The molecule has 0 amide bonds. The Morgan fingerprint density at radius 1 is 1.56 bits per heavy atom. The van der Waals surface area contributed by atoms with Gasteiger partial charge in [0.1, 0.15) is 5.84 Å². The summed E-state index contributed by atoms with van der Waals surface area (Å²) in [6.45, 7) is 5.66. The number of hydrogen-bond acceptors (Lipinski definition) is 3. The summed E-state index contributed by atoms with van der Waals surface area (Å²) in [4.78, 5) is 2.19. The van der Waals surface area contributed by atoms with Gasteiger partial charge >= 0.3 is 0 Å². The van der Waals surface area contributed by atoms with Crippen LogP contribution in [0.2, 0.25) is 0 Å². The van der Waals surface area contributed by atoms with Crippen LogP contribution in [0.1, 0.15) is 19.4 Å². The number of methoxy groups -OCH3 is 1. The second-order valence-corrected chi connectivity index (χ2v) is 5.08. The molecule has 0 fully saturated rings. The molecule has 1 aromatic rings. The molecule has 1 unspecified atom stereocenters. The molecule has 0 heterocycles. The van der Waals surface area contributed by atoms with Crippen LogP contribution in [0.4, 0.5) is 5.69 Å². The van der Waals surface area contributed by atoms with Gasteiger partial charge in [0.25, 0.3) is 0 Å². The molecule has 0 aliphatic rings. The van der Waals surface area contributed by atoms with Crippen LogP contribution in [0.25, 0.3) is 0 Å². The summed E-state index contributed by atoms with van der Waals surface area (Å²) in [5.74, 6) is 0.0781. The summed E-state index contributed by atoms with van der Waals surface area (Å²) in [5.41, 5.74) is 7.37. The Bertz CT molecular complexity index is 423. The van der Waals surface area contributed by atoms with Crippen LogP contribution >= 0.6 is 15.9 Å². The number of likely N-dealkylation sites (N-methyl/N-ethyl adjacent to an activating group) is 1. The zero-order valence-corrected chi connectivity index (χ0v) is 12.6. The van der Waals surface area contributed by atoms with Gasteiger partial charge in [-0.05, 0) is 32.0 Å². The molecule has 1 aromatic carbocycles. The quantitative estimate of drug-likeness (QED) is 0.627. The van der Waals surface area contributed by atoms with Crippen LogP contribution in [0.5, 0.6) is 0 Å². The minimum absolute atomic E-state index is 0.0781. The number of rotatable bonds is 6. The van der Waals surface area contributed by atoms with Crippen LogP contribution in [0.15, 0.2) is 22.7 Å². The van der Waals surface area contributed by atoms with Crippen molar-refractivity contribution in [3.8, 4) is 0 Å². The maximum atomic E-state index is 7.68. The molecule has 1 atom stereocenters. The summed E-state index contributed by atoms with van der Waals surface area (Å²) in [6.07, 6.45) is 0.